The second-order valence-corrected chi connectivity index (χ2v) is 6.08. The van der Waals surface area contributed by atoms with Gasteiger partial charge in [0, 0.05) is 6.04 Å². The first-order valence-corrected chi connectivity index (χ1v) is 7.33. The van der Waals surface area contributed by atoms with Gasteiger partial charge in [0.25, 0.3) is 0 Å². The average Bonchev–Trinajstić information content (AvgIpc) is 3.14. The second kappa shape index (κ2) is 6.10. The lowest BCUT2D eigenvalue weighted by molar-refractivity contribution is -0.148. The first kappa shape index (κ1) is 15.3. The molecule has 0 aliphatic heterocycles. The van der Waals surface area contributed by atoms with Crippen LogP contribution in [0.1, 0.15) is 38.5 Å². The van der Waals surface area contributed by atoms with E-state index in [-0.39, 0.29) is 17.9 Å². The summed E-state index contributed by atoms with van der Waals surface area (Å²) in [5.74, 6) is -0.199. The molecule has 4 N–H and O–H groups in total. The molecule has 3 unspecified atom stereocenters. The monoisotopic (exact) mass is 283 g/mol. The van der Waals surface area contributed by atoms with E-state index in [1.165, 1.54) is 7.11 Å². The summed E-state index contributed by atoms with van der Waals surface area (Å²) in [5.41, 5.74) is 4.80. The van der Waals surface area contributed by atoms with Crippen LogP contribution >= 0.6 is 0 Å². The maximum Gasteiger partial charge on any atom is 0.326 e. The normalized spacial score (nSPS) is 31.0. The molecule has 2 aliphatic carbocycles. The second-order valence-electron chi connectivity index (χ2n) is 6.08. The number of methoxy groups -OCH3 is 1. The molecule has 2 fully saturated rings. The van der Waals surface area contributed by atoms with Gasteiger partial charge in [0.05, 0.1) is 13.2 Å². The Balaban J connectivity index is 1.99. The van der Waals surface area contributed by atoms with Gasteiger partial charge < -0.3 is 15.8 Å². The van der Waals surface area contributed by atoms with Crippen LogP contribution in [0.15, 0.2) is 0 Å². The Morgan fingerprint density at radius 1 is 1.40 bits per heavy atom. The van der Waals surface area contributed by atoms with Crippen molar-refractivity contribution in [1.82, 2.24) is 10.6 Å². The zero-order chi connectivity index (χ0) is 14.8. The lowest BCUT2D eigenvalue weighted by Gasteiger charge is -2.28. The number of carbonyl (C=O) groups is 2. The molecule has 0 aromatic heterocycles. The Bertz CT molecular complexity index is 384. The van der Waals surface area contributed by atoms with Crippen molar-refractivity contribution >= 4 is 11.9 Å². The van der Waals surface area contributed by atoms with Gasteiger partial charge in [-0.3, -0.25) is 14.9 Å². The molecule has 20 heavy (non-hydrogen) atoms. The van der Waals surface area contributed by atoms with Gasteiger partial charge in [-0.1, -0.05) is 0 Å². The van der Waals surface area contributed by atoms with Crippen molar-refractivity contribution in [3.05, 3.63) is 0 Å². The molecule has 1 amide bonds. The molecule has 0 aromatic rings. The molecule has 0 aromatic carbocycles. The van der Waals surface area contributed by atoms with Gasteiger partial charge >= 0.3 is 5.97 Å². The average molecular weight is 283 g/mol. The van der Waals surface area contributed by atoms with Crippen LogP contribution in [0.4, 0.5) is 0 Å². The van der Waals surface area contributed by atoms with E-state index in [9.17, 15) is 9.59 Å². The maximum absolute atomic E-state index is 12.1. The summed E-state index contributed by atoms with van der Waals surface area (Å²) in [6.45, 7) is 0. The standard InChI is InChI=1S/C14H25N3O3/c1-16-11(12(15)18)7-9-5-6-14(8-9,13(19)20-2)17-10-3-4-10/h9-11,16-17H,3-8H2,1-2H3,(H2,15,18). The number of primary amides is 1. The van der Waals surface area contributed by atoms with Crippen molar-refractivity contribution < 1.29 is 14.3 Å². The predicted molar refractivity (Wildman–Crippen MR) is 74.9 cm³/mol. The van der Waals surface area contributed by atoms with Crippen molar-refractivity contribution in [1.29, 1.82) is 0 Å². The van der Waals surface area contributed by atoms with Crippen molar-refractivity contribution in [2.45, 2.75) is 56.1 Å². The number of esters is 1. The highest BCUT2D eigenvalue weighted by Crippen LogP contribution is 2.40. The molecule has 6 nitrogen and oxygen atoms in total. The van der Waals surface area contributed by atoms with E-state index in [4.69, 9.17) is 10.5 Å². The van der Waals surface area contributed by atoms with Gasteiger partial charge in [-0.2, -0.15) is 0 Å². The number of rotatable bonds is 7. The quantitative estimate of drug-likeness (QED) is 0.568. The molecule has 3 atom stereocenters. The first-order valence-electron chi connectivity index (χ1n) is 7.33. The Morgan fingerprint density at radius 2 is 2.10 bits per heavy atom. The van der Waals surface area contributed by atoms with Crippen LogP contribution < -0.4 is 16.4 Å². The van der Waals surface area contributed by atoms with Crippen LogP contribution in [0.3, 0.4) is 0 Å². The van der Waals surface area contributed by atoms with Crippen LogP contribution in [-0.2, 0) is 14.3 Å². The third-order valence-corrected chi connectivity index (χ3v) is 4.51. The number of nitrogens with two attached hydrogens (primary N) is 1. The van der Waals surface area contributed by atoms with E-state index >= 15 is 0 Å². The van der Waals surface area contributed by atoms with Crippen molar-refractivity contribution in [3.63, 3.8) is 0 Å². The highest BCUT2D eigenvalue weighted by atomic mass is 16.5. The third kappa shape index (κ3) is 3.30. The van der Waals surface area contributed by atoms with E-state index < -0.39 is 5.54 Å². The van der Waals surface area contributed by atoms with Crippen LogP contribution in [0.25, 0.3) is 0 Å². The van der Waals surface area contributed by atoms with Gasteiger partial charge in [0.1, 0.15) is 5.54 Å². The minimum Gasteiger partial charge on any atom is -0.468 e. The molecular formula is C14H25N3O3. The summed E-state index contributed by atoms with van der Waals surface area (Å²) in [4.78, 5) is 23.5. The third-order valence-electron chi connectivity index (χ3n) is 4.51. The van der Waals surface area contributed by atoms with Crippen molar-refractivity contribution in [2.24, 2.45) is 11.7 Å². The number of nitrogens with one attached hydrogen (secondary N) is 2. The van der Waals surface area contributed by atoms with Gasteiger partial charge in [0.15, 0.2) is 0 Å². The molecule has 0 saturated heterocycles. The fourth-order valence-electron chi connectivity index (χ4n) is 3.25. The summed E-state index contributed by atoms with van der Waals surface area (Å²) >= 11 is 0. The topological polar surface area (TPSA) is 93.4 Å². The molecule has 0 radical (unpaired) electrons. The number of hydrogen-bond donors (Lipinski definition) is 3. The van der Waals surface area contributed by atoms with Crippen LogP contribution in [0.5, 0.6) is 0 Å². The number of hydrogen-bond acceptors (Lipinski definition) is 5. The lowest BCUT2D eigenvalue weighted by Crippen LogP contribution is -2.52. The fraction of sp³-hybridized carbons (Fsp3) is 0.857. The Hall–Kier alpha value is -1.14. The summed E-state index contributed by atoms with van der Waals surface area (Å²) < 4.78 is 4.98. The Morgan fingerprint density at radius 3 is 2.60 bits per heavy atom. The minimum atomic E-state index is -0.559. The van der Waals surface area contributed by atoms with E-state index in [1.807, 2.05) is 0 Å². The molecule has 2 aliphatic rings. The Kier molecular flexibility index (Phi) is 4.65. The summed E-state index contributed by atoms with van der Waals surface area (Å²) in [5, 5.41) is 6.40. The molecule has 114 valence electrons. The van der Waals surface area contributed by atoms with Gasteiger partial charge in [0.2, 0.25) is 5.91 Å². The summed E-state index contributed by atoms with van der Waals surface area (Å²) in [6.07, 6.45) is 5.35. The Labute approximate surface area is 119 Å². The molecule has 0 bridgehead atoms. The lowest BCUT2D eigenvalue weighted by atomic mass is 9.92. The van der Waals surface area contributed by atoms with E-state index in [0.29, 0.717) is 18.4 Å². The summed E-state index contributed by atoms with van der Waals surface area (Å²) in [7, 11) is 3.17. The van der Waals surface area contributed by atoms with E-state index in [1.54, 1.807) is 7.05 Å². The SMILES string of the molecule is CNC(CC1CCC(NC2CC2)(C(=O)OC)C1)C(N)=O. The molecule has 2 rings (SSSR count). The van der Waals surface area contributed by atoms with Crippen LogP contribution in [-0.4, -0.2) is 43.7 Å². The summed E-state index contributed by atoms with van der Waals surface area (Å²) in [6, 6.07) is 0.124. The zero-order valence-corrected chi connectivity index (χ0v) is 12.3. The van der Waals surface area contributed by atoms with E-state index in [0.717, 1.165) is 32.1 Å². The first-order chi connectivity index (χ1) is 9.50. The minimum absolute atomic E-state index is 0.174. The number of ether oxygens (including phenoxy) is 1. The highest BCUT2D eigenvalue weighted by molar-refractivity contribution is 5.82. The van der Waals surface area contributed by atoms with Crippen LogP contribution in [0.2, 0.25) is 0 Å². The van der Waals surface area contributed by atoms with E-state index in [2.05, 4.69) is 10.6 Å². The molecule has 0 heterocycles. The number of amides is 1. The smallest absolute Gasteiger partial charge is 0.326 e. The number of likely N-dealkylation sites (N-methyl/N-ethyl adjacent to an activating group) is 1. The van der Waals surface area contributed by atoms with Gasteiger partial charge in [-0.05, 0) is 51.5 Å². The highest BCUT2D eigenvalue weighted by Gasteiger charge is 2.49. The molecule has 0 spiro atoms. The maximum atomic E-state index is 12.1. The molecular weight excluding hydrogens is 258 g/mol. The molecule has 6 heteroatoms. The van der Waals surface area contributed by atoms with Crippen molar-refractivity contribution in [3.8, 4) is 0 Å². The van der Waals surface area contributed by atoms with Crippen molar-refractivity contribution in [2.75, 3.05) is 14.2 Å². The van der Waals surface area contributed by atoms with Crippen LogP contribution in [0, 0.1) is 5.92 Å². The fourth-order valence-corrected chi connectivity index (χ4v) is 3.25. The zero-order valence-electron chi connectivity index (χ0n) is 12.3. The molecule has 2 saturated carbocycles. The largest absolute Gasteiger partial charge is 0.468 e. The van der Waals surface area contributed by atoms with Gasteiger partial charge in [-0.15, -0.1) is 0 Å². The number of carbonyl (C=O) groups excluding carboxylic acids is 2. The van der Waals surface area contributed by atoms with Gasteiger partial charge in [-0.25, -0.2) is 0 Å². The predicted octanol–water partition coefficient (Wildman–Crippen LogP) is -0.0863.